The van der Waals surface area contributed by atoms with E-state index in [-0.39, 0.29) is 6.42 Å². The highest BCUT2D eigenvalue weighted by Crippen LogP contribution is 2.19. The van der Waals surface area contributed by atoms with Gasteiger partial charge in [0.05, 0.1) is 14.2 Å². The first kappa shape index (κ1) is 16.5. The van der Waals surface area contributed by atoms with E-state index in [0.717, 1.165) is 5.56 Å². The van der Waals surface area contributed by atoms with E-state index >= 15 is 0 Å². The minimum absolute atomic E-state index is 0.160. The number of carbonyl (C=O) groups is 2. The van der Waals surface area contributed by atoms with E-state index in [0.29, 0.717) is 11.6 Å². The number of methoxy groups -OCH3 is 2. The van der Waals surface area contributed by atoms with Crippen LogP contribution in [0.5, 0.6) is 0 Å². The average molecular weight is 315 g/mol. The van der Waals surface area contributed by atoms with Gasteiger partial charge in [-0.1, -0.05) is 24.3 Å². The molecule has 0 atom stereocenters. The Morgan fingerprint density at radius 2 is 1.83 bits per heavy atom. The Balaban J connectivity index is 2.04. The smallest absolute Gasteiger partial charge is 0.320 e. The zero-order valence-corrected chi connectivity index (χ0v) is 12.9. The van der Waals surface area contributed by atoms with Crippen molar-refractivity contribution >= 4 is 18.0 Å². The fraction of sp³-hybridized carbons (Fsp3) is 0.235. The number of carbonyl (C=O) groups excluding carboxylic acids is 2. The Morgan fingerprint density at radius 1 is 1.17 bits per heavy atom. The van der Waals surface area contributed by atoms with Gasteiger partial charge in [0.2, 0.25) is 5.89 Å². The second-order valence-electron chi connectivity index (χ2n) is 4.68. The van der Waals surface area contributed by atoms with Gasteiger partial charge in [0, 0.05) is 5.56 Å². The lowest BCUT2D eigenvalue weighted by Crippen LogP contribution is -2.25. The molecule has 0 aliphatic rings. The van der Waals surface area contributed by atoms with E-state index in [2.05, 4.69) is 14.5 Å². The molecule has 1 aromatic heterocycles. The van der Waals surface area contributed by atoms with E-state index in [1.54, 1.807) is 12.2 Å². The van der Waals surface area contributed by atoms with Crippen LogP contribution in [0.1, 0.15) is 12.1 Å². The van der Waals surface area contributed by atoms with Gasteiger partial charge >= 0.3 is 11.9 Å². The van der Waals surface area contributed by atoms with Crippen LogP contribution in [0.25, 0.3) is 17.5 Å². The van der Waals surface area contributed by atoms with Gasteiger partial charge in [-0.15, -0.1) is 0 Å². The maximum Gasteiger partial charge on any atom is 0.320 e. The summed E-state index contributed by atoms with van der Waals surface area (Å²) < 4.78 is 14.6. The lowest BCUT2D eigenvalue weighted by atomic mass is 10.1. The number of oxazole rings is 1. The Hall–Kier alpha value is -2.89. The largest absolute Gasteiger partial charge is 0.468 e. The predicted octanol–water partition coefficient (Wildman–Crippen LogP) is 2.71. The summed E-state index contributed by atoms with van der Waals surface area (Å²) in [4.78, 5) is 27.4. The Kier molecular flexibility index (Phi) is 5.68. The first-order chi connectivity index (χ1) is 11.2. The standard InChI is InChI=1S/C17H17NO5/c1-21-16(19)14(17(20)22-2)10-6-9-13-11-23-15(18-13)12-7-4-3-5-8-12/h3-9,11,14H,10H2,1-2H3/b9-6+. The zero-order chi connectivity index (χ0) is 16.7. The Morgan fingerprint density at radius 3 is 2.43 bits per heavy atom. The van der Waals surface area contributed by atoms with Crippen LogP contribution in [0.3, 0.4) is 0 Å². The topological polar surface area (TPSA) is 78.6 Å². The van der Waals surface area contributed by atoms with E-state index in [9.17, 15) is 9.59 Å². The quantitative estimate of drug-likeness (QED) is 0.602. The van der Waals surface area contributed by atoms with Gasteiger partial charge in [-0.05, 0) is 24.6 Å². The van der Waals surface area contributed by atoms with E-state index in [4.69, 9.17) is 4.42 Å². The van der Waals surface area contributed by atoms with Crippen LogP contribution < -0.4 is 0 Å². The van der Waals surface area contributed by atoms with E-state index in [1.165, 1.54) is 20.5 Å². The molecule has 23 heavy (non-hydrogen) atoms. The number of hydrogen-bond donors (Lipinski definition) is 0. The molecule has 0 aliphatic heterocycles. The van der Waals surface area contributed by atoms with Gasteiger partial charge in [0.1, 0.15) is 12.0 Å². The van der Waals surface area contributed by atoms with Gasteiger partial charge in [-0.3, -0.25) is 9.59 Å². The highest BCUT2D eigenvalue weighted by Gasteiger charge is 2.27. The van der Waals surface area contributed by atoms with Crippen molar-refractivity contribution in [1.82, 2.24) is 4.98 Å². The van der Waals surface area contributed by atoms with Crippen LogP contribution in [-0.4, -0.2) is 31.1 Å². The van der Waals surface area contributed by atoms with Crippen molar-refractivity contribution in [2.45, 2.75) is 6.42 Å². The molecule has 0 fully saturated rings. The molecule has 0 unspecified atom stereocenters. The molecule has 0 saturated heterocycles. The summed E-state index contributed by atoms with van der Waals surface area (Å²) in [5.41, 5.74) is 1.46. The zero-order valence-electron chi connectivity index (χ0n) is 12.9. The van der Waals surface area contributed by atoms with Crippen LogP contribution >= 0.6 is 0 Å². The molecule has 2 rings (SSSR count). The fourth-order valence-corrected chi connectivity index (χ4v) is 1.97. The molecule has 0 saturated carbocycles. The van der Waals surface area contributed by atoms with Gasteiger partial charge in [-0.2, -0.15) is 0 Å². The van der Waals surface area contributed by atoms with E-state index in [1.807, 2.05) is 30.3 Å². The molecule has 2 aromatic rings. The number of nitrogens with zero attached hydrogens (tertiary/aromatic N) is 1. The lowest BCUT2D eigenvalue weighted by molar-refractivity contribution is -0.158. The van der Waals surface area contributed by atoms with Crippen molar-refractivity contribution in [3.05, 3.63) is 48.4 Å². The number of esters is 2. The van der Waals surface area contributed by atoms with Gasteiger partial charge in [0.15, 0.2) is 5.92 Å². The average Bonchev–Trinajstić information content (AvgIpc) is 3.07. The number of ether oxygens (including phenoxy) is 2. The van der Waals surface area contributed by atoms with Gasteiger partial charge in [0.25, 0.3) is 0 Å². The number of rotatable bonds is 6. The molecule has 0 amide bonds. The van der Waals surface area contributed by atoms with Crippen molar-refractivity contribution in [3.8, 4) is 11.5 Å². The third kappa shape index (κ3) is 4.29. The fourth-order valence-electron chi connectivity index (χ4n) is 1.97. The summed E-state index contributed by atoms with van der Waals surface area (Å²) in [6, 6.07) is 9.49. The van der Waals surface area contributed by atoms with Crippen molar-refractivity contribution in [3.63, 3.8) is 0 Å². The summed E-state index contributed by atoms with van der Waals surface area (Å²) in [5, 5.41) is 0. The summed E-state index contributed by atoms with van der Waals surface area (Å²) >= 11 is 0. The van der Waals surface area contributed by atoms with E-state index < -0.39 is 17.9 Å². The molecule has 6 heteroatoms. The molecule has 0 spiro atoms. The number of benzene rings is 1. The molecular weight excluding hydrogens is 298 g/mol. The number of hydrogen-bond acceptors (Lipinski definition) is 6. The third-order valence-corrected chi connectivity index (χ3v) is 3.17. The summed E-state index contributed by atoms with van der Waals surface area (Å²) in [6.45, 7) is 0. The van der Waals surface area contributed by atoms with Crippen molar-refractivity contribution in [2.75, 3.05) is 14.2 Å². The molecular formula is C17H17NO5. The molecule has 1 heterocycles. The van der Waals surface area contributed by atoms with Crippen molar-refractivity contribution in [2.24, 2.45) is 5.92 Å². The molecule has 6 nitrogen and oxygen atoms in total. The minimum Gasteiger partial charge on any atom is -0.468 e. The van der Waals surface area contributed by atoms with Crippen LogP contribution in [0.4, 0.5) is 0 Å². The molecule has 1 aromatic carbocycles. The maximum atomic E-state index is 11.6. The van der Waals surface area contributed by atoms with Crippen LogP contribution in [-0.2, 0) is 19.1 Å². The van der Waals surface area contributed by atoms with Crippen LogP contribution in [0, 0.1) is 5.92 Å². The maximum absolute atomic E-state index is 11.6. The Labute approximate surface area is 133 Å². The third-order valence-electron chi connectivity index (χ3n) is 3.17. The Bertz CT molecular complexity index is 674. The summed E-state index contributed by atoms with van der Waals surface area (Å²) in [7, 11) is 2.46. The van der Waals surface area contributed by atoms with Crippen LogP contribution in [0.2, 0.25) is 0 Å². The first-order valence-corrected chi connectivity index (χ1v) is 6.99. The second-order valence-corrected chi connectivity index (χ2v) is 4.68. The van der Waals surface area contributed by atoms with Crippen LogP contribution in [0.15, 0.2) is 47.1 Å². The normalized spacial score (nSPS) is 10.9. The number of aromatic nitrogens is 1. The van der Waals surface area contributed by atoms with Gasteiger partial charge < -0.3 is 13.9 Å². The predicted molar refractivity (Wildman–Crippen MR) is 83.1 cm³/mol. The molecule has 120 valence electrons. The molecule has 0 N–H and O–H groups in total. The lowest BCUT2D eigenvalue weighted by Gasteiger charge is -2.09. The second kappa shape index (κ2) is 7.93. The first-order valence-electron chi connectivity index (χ1n) is 6.99. The summed E-state index contributed by atoms with van der Waals surface area (Å²) in [5.74, 6) is -1.75. The molecule has 0 aliphatic carbocycles. The molecule has 0 radical (unpaired) electrons. The SMILES string of the molecule is COC(=O)C(C/C=C/c1coc(-c2ccccc2)n1)C(=O)OC. The van der Waals surface area contributed by atoms with Crippen molar-refractivity contribution in [1.29, 1.82) is 0 Å². The highest BCUT2D eigenvalue weighted by molar-refractivity contribution is 5.95. The number of allylic oxidation sites excluding steroid dienone is 1. The van der Waals surface area contributed by atoms with Crippen molar-refractivity contribution < 1.29 is 23.5 Å². The summed E-state index contributed by atoms with van der Waals surface area (Å²) in [6.07, 6.45) is 5.00. The van der Waals surface area contributed by atoms with Gasteiger partial charge in [-0.25, -0.2) is 4.98 Å². The monoisotopic (exact) mass is 315 g/mol. The highest BCUT2D eigenvalue weighted by atomic mass is 16.5. The minimum atomic E-state index is -0.984. The molecule has 0 bridgehead atoms.